The highest BCUT2D eigenvalue weighted by Gasteiger charge is 2.09. The van der Waals surface area contributed by atoms with Gasteiger partial charge in [-0.25, -0.2) is 4.99 Å². The van der Waals surface area contributed by atoms with Crippen LogP contribution in [0, 0.1) is 0 Å². The number of hydrogen-bond donors (Lipinski definition) is 3. The summed E-state index contributed by atoms with van der Waals surface area (Å²) in [5.74, 6) is 1.69. The molecule has 28 heavy (non-hydrogen) atoms. The minimum atomic E-state index is -0.133. The summed E-state index contributed by atoms with van der Waals surface area (Å²) < 4.78 is 5.29. The van der Waals surface area contributed by atoms with Gasteiger partial charge in [-0.05, 0) is 36.1 Å². The summed E-state index contributed by atoms with van der Waals surface area (Å²) in [7, 11) is 1.58. The van der Waals surface area contributed by atoms with Crippen LogP contribution in [0.25, 0.3) is 0 Å². The summed E-state index contributed by atoms with van der Waals surface area (Å²) in [6.07, 6.45) is 0. The van der Waals surface area contributed by atoms with Crippen LogP contribution in [-0.2, 0) is 11.3 Å². The van der Waals surface area contributed by atoms with Crippen molar-refractivity contribution in [2.75, 3.05) is 25.5 Å². The quantitative estimate of drug-likeness (QED) is 0.280. The van der Waals surface area contributed by atoms with Gasteiger partial charge in [0.05, 0.1) is 19.3 Å². The molecule has 8 heteroatoms. The average Bonchev–Trinajstić information content (AvgIpc) is 3.18. The minimum absolute atomic E-state index is 0. The van der Waals surface area contributed by atoms with Crippen LogP contribution in [0.5, 0.6) is 5.75 Å². The van der Waals surface area contributed by atoms with Crippen molar-refractivity contribution in [2.24, 2.45) is 4.99 Å². The van der Waals surface area contributed by atoms with E-state index in [1.807, 2.05) is 25.1 Å². The molecular weight excluding hydrogens is 487 g/mol. The van der Waals surface area contributed by atoms with Gasteiger partial charge >= 0.3 is 0 Å². The Labute approximate surface area is 188 Å². The molecule has 1 aromatic carbocycles. The van der Waals surface area contributed by atoms with Crippen LogP contribution in [-0.4, -0.2) is 32.1 Å². The Morgan fingerprint density at radius 3 is 2.68 bits per heavy atom. The van der Waals surface area contributed by atoms with Crippen molar-refractivity contribution in [3.05, 3.63) is 46.2 Å². The van der Waals surface area contributed by atoms with Crippen LogP contribution in [0.3, 0.4) is 0 Å². The SMILES string of the molecule is CCNC(=NCc1ccc(OC)c(NC(C)=O)c1)NCC(C)c1cccs1.I. The number of methoxy groups -OCH3 is 1. The van der Waals surface area contributed by atoms with E-state index in [9.17, 15) is 4.79 Å². The Kier molecular flexibility index (Phi) is 10.9. The number of guanidine groups is 1. The Hall–Kier alpha value is -1.81. The zero-order valence-corrected chi connectivity index (χ0v) is 19.9. The lowest BCUT2D eigenvalue weighted by molar-refractivity contribution is -0.114. The van der Waals surface area contributed by atoms with Gasteiger partial charge in [0, 0.05) is 30.8 Å². The second-order valence-corrected chi connectivity index (χ2v) is 7.19. The lowest BCUT2D eigenvalue weighted by Gasteiger charge is -2.15. The van der Waals surface area contributed by atoms with E-state index in [4.69, 9.17) is 4.74 Å². The first-order valence-corrected chi connectivity index (χ1v) is 9.91. The van der Waals surface area contributed by atoms with E-state index >= 15 is 0 Å². The molecule has 0 saturated heterocycles. The third kappa shape index (κ3) is 7.67. The number of aliphatic imine (C=N–C) groups is 1. The monoisotopic (exact) mass is 516 g/mol. The number of amides is 1. The summed E-state index contributed by atoms with van der Waals surface area (Å²) in [6.45, 7) is 7.82. The molecule has 1 heterocycles. The Morgan fingerprint density at radius 2 is 2.07 bits per heavy atom. The smallest absolute Gasteiger partial charge is 0.221 e. The molecule has 0 aliphatic rings. The third-order valence-corrected chi connectivity index (χ3v) is 5.05. The van der Waals surface area contributed by atoms with Gasteiger partial charge < -0.3 is 20.7 Å². The zero-order chi connectivity index (χ0) is 19.6. The number of thiophene rings is 1. The predicted molar refractivity (Wildman–Crippen MR) is 128 cm³/mol. The summed E-state index contributed by atoms with van der Waals surface area (Å²) in [5.41, 5.74) is 1.64. The molecule has 2 rings (SSSR count). The predicted octanol–water partition coefficient (Wildman–Crippen LogP) is 4.19. The van der Waals surface area contributed by atoms with Crippen LogP contribution in [0.15, 0.2) is 40.7 Å². The van der Waals surface area contributed by atoms with Crippen LogP contribution in [0.1, 0.15) is 37.1 Å². The van der Waals surface area contributed by atoms with Gasteiger partial charge in [-0.1, -0.05) is 19.1 Å². The fourth-order valence-corrected chi connectivity index (χ4v) is 3.36. The maximum atomic E-state index is 11.4. The Bertz CT molecular complexity index is 766. The molecule has 154 valence electrons. The van der Waals surface area contributed by atoms with E-state index in [2.05, 4.69) is 45.4 Å². The van der Waals surface area contributed by atoms with Crippen LogP contribution >= 0.6 is 35.3 Å². The molecule has 0 spiro atoms. The molecule has 1 amide bonds. The Morgan fingerprint density at radius 1 is 1.29 bits per heavy atom. The van der Waals surface area contributed by atoms with E-state index < -0.39 is 0 Å². The molecule has 1 unspecified atom stereocenters. The maximum Gasteiger partial charge on any atom is 0.221 e. The van der Waals surface area contributed by atoms with Gasteiger partial charge in [0.25, 0.3) is 0 Å². The number of rotatable bonds is 8. The summed E-state index contributed by atoms with van der Waals surface area (Å²) in [6, 6.07) is 9.91. The summed E-state index contributed by atoms with van der Waals surface area (Å²) in [4.78, 5) is 17.4. The van der Waals surface area contributed by atoms with Crippen molar-refractivity contribution >= 4 is 52.9 Å². The van der Waals surface area contributed by atoms with Crippen LogP contribution in [0.2, 0.25) is 0 Å². The molecule has 2 aromatic rings. The van der Waals surface area contributed by atoms with E-state index in [1.54, 1.807) is 18.4 Å². The van der Waals surface area contributed by atoms with Gasteiger partial charge in [-0.2, -0.15) is 0 Å². The van der Waals surface area contributed by atoms with Crippen molar-refractivity contribution in [1.29, 1.82) is 0 Å². The van der Waals surface area contributed by atoms with Crippen LogP contribution < -0.4 is 20.7 Å². The summed E-state index contributed by atoms with van der Waals surface area (Å²) in [5, 5.41) is 11.6. The van der Waals surface area contributed by atoms with Crippen molar-refractivity contribution < 1.29 is 9.53 Å². The molecule has 3 N–H and O–H groups in total. The first kappa shape index (κ1) is 24.2. The van der Waals surface area contributed by atoms with Crippen molar-refractivity contribution in [2.45, 2.75) is 33.2 Å². The van der Waals surface area contributed by atoms with Gasteiger partial charge in [-0.3, -0.25) is 4.79 Å². The zero-order valence-electron chi connectivity index (χ0n) is 16.7. The summed E-state index contributed by atoms with van der Waals surface area (Å²) >= 11 is 1.77. The van der Waals surface area contributed by atoms with Crippen molar-refractivity contribution in [1.82, 2.24) is 10.6 Å². The highest BCUT2D eigenvalue weighted by Crippen LogP contribution is 2.25. The molecule has 0 bridgehead atoms. The van der Waals surface area contributed by atoms with Gasteiger partial charge in [-0.15, -0.1) is 35.3 Å². The highest BCUT2D eigenvalue weighted by molar-refractivity contribution is 14.0. The second-order valence-electron chi connectivity index (χ2n) is 6.21. The number of carbonyl (C=O) groups excluding carboxylic acids is 1. The topological polar surface area (TPSA) is 74.8 Å². The molecule has 0 fully saturated rings. The minimum Gasteiger partial charge on any atom is -0.495 e. The first-order valence-electron chi connectivity index (χ1n) is 9.03. The molecule has 0 aliphatic heterocycles. The van der Waals surface area contributed by atoms with Gasteiger partial charge in [0.15, 0.2) is 5.96 Å². The van der Waals surface area contributed by atoms with E-state index in [1.165, 1.54) is 11.8 Å². The number of ether oxygens (including phenoxy) is 1. The number of benzene rings is 1. The molecule has 1 aromatic heterocycles. The largest absolute Gasteiger partial charge is 0.495 e. The highest BCUT2D eigenvalue weighted by atomic mass is 127. The van der Waals surface area contributed by atoms with E-state index in [0.717, 1.165) is 24.6 Å². The first-order chi connectivity index (χ1) is 13.0. The number of halogens is 1. The average molecular weight is 516 g/mol. The molecular formula is C20H29IN4O2S. The van der Waals surface area contributed by atoms with E-state index in [-0.39, 0.29) is 29.9 Å². The second kappa shape index (κ2) is 12.6. The van der Waals surface area contributed by atoms with Crippen molar-refractivity contribution in [3.63, 3.8) is 0 Å². The fraction of sp³-hybridized carbons (Fsp3) is 0.400. The molecule has 1 atom stereocenters. The third-order valence-electron chi connectivity index (χ3n) is 3.94. The fourth-order valence-electron chi connectivity index (χ4n) is 2.57. The number of anilines is 1. The molecule has 0 radical (unpaired) electrons. The van der Waals surface area contributed by atoms with Gasteiger partial charge in [0.1, 0.15) is 5.75 Å². The molecule has 0 saturated carbocycles. The van der Waals surface area contributed by atoms with Crippen molar-refractivity contribution in [3.8, 4) is 5.75 Å². The molecule has 6 nitrogen and oxygen atoms in total. The normalized spacial score (nSPS) is 11.9. The Balaban J connectivity index is 0.00000392. The van der Waals surface area contributed by atoms with Crippen LogP contribution in [0.4, 0.5) is 5.69 Å². The number of nitrogens with zero attached hydrogens (tertiary/aromatic N) is 1. The number of carbonyl (C=O) groups is 1. The van der Waals surface area contributed by atoms with Gasteiger partial charge in [0.2, 0.25) is 5.91 Å². The molecule has 0 aliphatic carbocycles. The van der Waals surface area contributed by atoms with E-state index in [0.29, 0.717) is 23.9 Å². The lowest BCUT2D eigenvalue weighted by Crippen LogP contribution is -2.39. The standard InChI is InChI=1S/C20H28N4O2S.HI/c1-5-21-20(22-12-14(2)19-7-6-10-27-19)23-13-16-8-9-18(26-4)17(11-16)24-15(3)25;/h6-11,14H,5,12-13H2,1-4H3,(H,24,25)(H2,21,22,23);1H. The lowest BCUT2D eigenvalue weighted by atomic mass is 10.1. The number of nitrogens with one attached hydrogen (secondary N) is 3. The number of hydrogen-bond acceptors (Lipinski definition) is 4. The maximum absolute atomic E-state index is 11.4.